The minimum Gasteiger partial charge on any atom is -0.393 e. The molecule has 0 saturated carbocycles. The molecule has 1 aromatic rings. The fourth-order valence-electron chi connectivity index (χ4n) is 3.66. The van der Waals surface area contributed by atoms with Crippen LogP contribution in [0.15, 0.2) is 12.4 Å². The SMILES string of the molecule is O=C1COC2(CCN(c3cc(N4CCC(O)CC4)ncn3)C2)CN1. The van der Waals surface area contributed by atoms with Crippen molar-refractivity contribution in [3.8, 4) is 0 Å². The maximum absolute atomic E-state index is 11.3. The molecule has 0 aromatic carbocycles. The van der Waals surface area contributed by atoms with E-state index in [-0.39, 0.29) is 24.2 Å². The Bertz CT molecular complexity index is 607. The van der Waals surface area contributed by atoms with Gasteiger partial charge in [-0.2, -0.15) is 0 Å². The molecule has 1 amide bonds. The van der Waals surface area contributed by atoms with Crippen molar-refractivity contribution in [1.82, 2.24) is 15.3 Å². The van der Waals surface area contributed by atoms with E-state index >= 15 is 0 Å². The second-order valence-electron chi connectivity index (χ2n) is 6.87. The van der Waals surface area contributed by atoms with E-state index in [4.69, 9.17) is 4.74 Å². The van der Waals surface area contributed by atoms with Crippen LogP contribution >= 0.6 is 0 Å². The van der Waals surface area contributed by atoms with Crippen LogP contribution in [0.3, 0.4) is 0 Å². The minimum absolute atomic E-state index is 0.0457. The van der Waals surface area contributed by atoms with Crippen molar-refractivity contribution < 1.29 is 14.6 Å². The van der Waals surface area contributed by atoms with Crippen LogP contribution in [0.5, 0.6) is 0 Å². The largest absolute Gasteiger partial charge is 0.393 e. The number of ether oxygens (including phenoxy) is 1. The van der Waals surface area contributed by atoms with Gasteiger partial charge in [0.15, 0.2) is 0 Å². The molecular formula is C16H23N5O3. The first-order valence-corrected chi connectivity index (χ1v) is 8.54. The van der Waals surface area contributed by atoms with Crippen LogP contribution in [0.1, 0.15) is 19.3 Å². The van der Waals surface area contributed by atoms with Crippen molar-refractivity contribution in [3.63, 3.8) is 0 Å². The van der Waals surface area contributed by atoms with Gasteiger partial charge in [0.1, 0.15) is 30.2 Å². The third-order valence-corrected chi connectivity index (χ3v) is 5.18. The van der Waals surface area contributed by atoms with Crippen molar-refractivity contribution >= 4 is 17.5 Å². The molecule has 3 aliphatic heterocycles. The summed E-state index contributed by atoms with van der Waals surface area (Å²) in [6, 6.07) is 2.01. The highest BCUT2D eigenvalue weighted by Gasteiger charge is 2.42. The van der Waals surface area contributed by atoms with Gasteiger partial charge in [0, 0.05) is 32.2 Å². The number of anilines is 2. The third-order valence-electron chi connectivity index (χ3n) is 5.18. The molecule has 1 aromatic heterocycles. The van der Waals surface area contributed by atoms with Crippen molar-refractivity contribution in [2.75, 3.05) is 49.1 Å². The Morgan fingerprint density at radius 2 is 1.96 bits per heavy atom. The summed E-state index contributed by atoms with van der Waals surface area (Å²) in [6.07, 6.45) is 3.84. The number of rotatable bonds is 2. The number of amides is 1. The summed E-state index contributed by atoms with van der Waals surface area (Å²) in [5.41, 5.74) is -0.297. The van der Waals surface area contributed by atoms with Crippen LogP contribution in [-0.4, -0.2) is 72.0 Å². The van der Waals surface area contributed by atoms with Gasteiger partial charge >= 0.3 is 0 Å². The smallest absolute Gasteiger partial charge is 0.246 e. The zero-order valence-electron chi connectivity index (χ0n) is 13.6. The number of carbonyl (C=O) groups excluding carboxylic acids is 1. The molecule has 2 N–H and O–H groups in total. The van der Waals surface area contributed by atoms with E-state index in [0.717, 1.165) is 57.1 Å². The zero-order chi connectivity index (χ0) is 16.6. The number of hydrogen-bond acceptors (Lipinski definition) is 7. The summed E-state index contributed by atoms with van der Waals surface area (Å²) in [5.74, 6) is 1.75. The van der Waals surface area contributed by atoms with E-state index in [2.05, 4.69) is 25.1 Å². The van der Waals surface area contributed by atoms with Gasteiger partial charge in [-0.15, -0.1) is 0 Å². The lowest BCUT2D eigenvalue weighted by Gasteiger charge is -2.34. The lowest BCUT2D eigenvalue weighted by Crippen LogP contribution is -2.53. The molecule has 130 valence electrons. The van der Waals surface area contributed by atoms with Gasteiger partial charge in [-0.1, -0.05) is 0 Å². The maximum atomic E-state index is 11.3. The molecule has 8 heteroatoms. The predicted octanol–water partition coefficient (Wildman–Crippen LogP) is -0.467. The number of nitrogens with one attached hydrogen (secondary N) is 1. The van der Waals surface area contributed by atoms with E-state index in [1.54, 1.807) is 6.33 Å². The molecular weight excluding hydrogens is 310 g/mol. The number of carbonyl (C=O) groups is 1. The molecule has 3 saturated heterocycles. The number of aliphatic hydroxyl groups is 1. The van der Waals surface area contributed by atoms with Gasteiger partial charge in [0.05, 0.1) is 12.6 Å². The Balaban J connectivity index is 1.45. The molecule has 1 atom stereocenters. The molecule has 0 aliphatic carbocycles. The summed E-state index contributed by atoms with van der Waals surface area (Å²) in [5, 5.41) is 12.5. The predicted molar refractivity (Wildman–Crippen MR) is 88.0 cm³/mol. The second-order valence-corrected chi connectivity index (χ2v) is 6.87. The summed E-state index contributed by atoms with van der Waals surface area (Å²) in [7, 11) is 0. The molecule has 0 radical (unpaired) electrons. The standard InChI is InChI=1S/C16H23N5O3/c22-12-1-4-20(5-2-12)13-7-14(19-11-18-13)21-6-3-16(10-21)9-17-15(23)8-24-16/h7,11-12,22H,1-6,8-10H2,(H,17,23). The minimum atomic E-state index is -0.297. The van der Waals surface area contributed by atoms with Gasteiger partial charge < -0.3 is 25.0 Å². The first-order valence-electron chi connectivity index (χ1n) is 8.54. The van der Waals surface area contributed by atoms with E-state index in [1.165, 1.54) is 0 Å². The number of morpholine rings is 1. The quantitative estimate of drug-likeness (QED) is 0.756. The first kappa shape index (κ1) is 15.6. The fraction of sp³-hybridized carbons (Fsp3) is 0.688. The molecule has 3 aliphatic rings. The third kappa shape index (κ3) is 3.03. The average molecular weight is 333 g/mol. The number of piperidine rings is 1. The molecule has 3 fully saturated rings. The van der Waals surface area contributed by atoms with E-state index < -0.39 is 0 Å². The lowest BCUT2D eigenvalue weighted by atomic mass is 10.0. The maximum Gasteiger partial charge on any atom is 0.246 e. The Hall–Kier alpha value is -1.93. The Morgan fingerprint density at radius 1 is 1.21 bits per heavy atom. The highest BCUT2D eigenvalue weighted by molar-refractivity contribution is 5.78. The normalized spacial score (nSPS) is 28.5. The summed E-state index contributed by atoms with van der Waals surface area (Å²) in [6.45, 7) is 3.91. The lowest BCUT2D eigenvalue weighted by molar-refractivity contribution is -0.141. The number of aliphatic hydroxyl groups excluding tert-OH is 1. The Labute approximate surface area is 140 Å². The fourth-order valence-corrected chi connectivity index (χ4v) is 3.66. The van der Waals surface area contributed by atoms with Crippen molar-refractivity contribution in [1.29, 1.82) is 0 Å². The van der Waals surface area contributed by atoms with Crippen LogP contribution < -0.4 is 15.1 Å². The van der Waals surface area contributed by atoms with Crippen molar-refractivity contribution in [3.05, 3.63) is 12.4 Å². The molecule has 24 heavy (non-hydrogen) atoms. The second kappa shape index (κ2) is 6.18. The molecule has 1 unspecified atom stereocenters. The van der Waals surface area contributed by atoms with Gasteiger partial charge in [0.2, 0.25) is 5.91 Å². The highest BCUT2D eigenvalue weighted by Crippen LogP contribution is 2.31. The number of hydrogen-bond donors (Lipinski definition) is 2. The van der Waals surface area contributed by atoms with Crippen LogP contribution in [0.4, 0.5) is 11.6 Å². The van der Waals surface area contributed by atoms with Gasteiger partial charge in [-0.05, 0) is 19.3 Å². The number of nitrogens with zero attached hydrogens (tertiary/aromatic N) is 4. The van der Waals surface area contributed by atoms with Crippen LogP contribution in [-0.2, 0) is 9.53 Å². The van der Waals surface area contributed by atoms with Crippen LogP contribution in [0.2, 0.25) is 0 Å². The van der Waals surface area contributed by atoms with Crippen molar-refractivity contribution in [2.45, 2.75) is 31.0 Å². The highest BCUT2D eigenvalue weighted by atomic mass is 16.5. The zero-order valence-corrected chi connectivity index (χ0v) is 13.6. The van der Waals surface area contributed by atoms with E-state index in [0.29, 0.717) is 6.54 Å². The van der Waals surface area contributed by atoms with E-state index in [1.807, 2.05) is 6.07 Å². The molecule has 4 heterocycles. The molecule has 0 bridgehead atoms. The molecule has 1 spiro atoms. The van der Waals surface area contributed by atoms with Crippen LogP contribution in [0.25, 0.3) is 0 Å². The molecule has 4 rings (SSSR count). The average Bonchev–Trinajstić information content (AvgIpc) is 3.03. The van der Waals surface area contributed by atoms with Gasteiger partial charge in [-0.3, -0.25) is 4.79 Å². The summed E-state index contributed by atoms with van der Waals surface area (Å²) < 4.78 is 5.81. The Kier molecular flexibility index (Phi) is 4.01. The van der Waals surface area contributed by atoms with E-state index in [9.17, 15) is 9.90 Å². The monoisotopic (exact) mass is 333 g/mol. The Morgan fingerprint density at radius 3 is 2.67 bits per heavy atom. The summed E-state index contributed by atoms with van der Waals surface area (Å²) in [4.78, 5) is 24.5. The first-order chi connectivity index (χ1) is 11.6. The number of aromatic nitrogens is 2. The topological polar surface area (TPSA) is 90.8 Å². The summed E-state index contributed by atoms with van der Waals surface area (Å²) >= 11 is 0. The van der Waals surface area contributed by atoms with Gasteiger partial charge in [0.25, 0.3) is 0 Å². The molecule has 8 nitrogen and oxygen atoms in total. The van der Waals surface area contributed by atoms with Crippen molar-refractivity contribution in [2.24, 2.45) is 0 Å². The van der Waals surface area contributed by atoms with Gasteiger partial charge in [-0.25, -0.2) is 9.97 Å². The van der Waals surface area contributed by atoms with Crippen LogP contribution in [0, 0.1) is 0 Å².